The first-order chi connectivity index (χ1) is 14.9. The summed E-state index contributed by atoms with van der Waals surface area (Å²) in [6, 6.07) is 12.6. The van der Waals surface area contributed by atoms with E-state index in [4.69, 9.17) is 21.1 Å². The van der Waals surface area contributed by atoms with Crippen molar-refractivity contribution in [1.82, 2.24) is 4.98 Å². The number of nitrogens with zero attached hydrogens (tertiary/aromatic N) is 3. The minimum atomic E-state index is -0.261. The molecule has 0 saturated heterocycles. The molecule has 6 nitrogen and oxygen atoms in total. The van der Waals surface area contributed by atoms with Gasteiger partial charge in [0.1, 0.15) is 11.5 Å². The molecular weight excluding hydrogens is 414 g/mol. The number of aliphatic imine (C=N–C) groups is 1. The van der Waals surface area contributed by atoms with Crippen LogP contribution in [0.4, 0.5) is 5.69 Å². The number of benzene rings is 2. The summed E-state index contributed by atoms with van der Waals surface area (Å²) >= 11 is 6.58. The van der Waals surface area contributed by atoms with E-state index in [-0.39, 0.29) is 5.91 Å². The molecule has 0 aliphatic carbocycles. The van der Waals surface area contributed by atoms with Crippen LogP contribution in [0.1, 0.15) is 21.6 Å². The molecule has 0 aliphatic heterocycles. The summed E-state index contributed by atoms with van der Waals surface area (Å²) in [6.07, 6.45) is 1.74. The van der Waals surface area contributed by atoms with E-state index in [0.717, 1.165) is 16.8 Å². The lowest BCUT2D eigenvalue weighted by Crippen LogP contribution is -2.27. The topological polar surface area (TPSA) is 64.0 Å². The molecule has 1 heterocycles. The number of halogens is 1. The Hall–Kier alpha value is -3.38. The highest BCUT2D eigenvalue weighted by atomic mass is 35.5. The Bertz CT molecular complexity index is 1130. The maximum atomic E-state index is 13.5. The van der Waals surface area contributed by atoms with Crippen LogP contribution in [-0.4, -0.2) is 38.9 Å². The molecule has 1 aromatic heterocycles. The molecular formula is C24H24ClN3O3. The number of rotatable bonds is 7. The number of carbonyl (C=O) groups is 1. The SMILES string of the molecule is C=NCc1cc(C)ncc1-c1cc(C(=O)N(C)c2ccccc2OC)c(OC)cc1Cl. The van der Waals surface area contributed by atoms with Gasteiger partial charge in [0.05, 0.1) is 37.0 Å². The molecule has 31 heavy (non-hydrogen) atoms. The van der Waals surface area contributed by atoms with Crippen molar-refractivity contribution >= 4 is 29.9 Å². The smallest absolute Gasteiger partial charge is 0.261 e. The summed E-state index contributed by atoms with van der Waals surface area (Å²) in [5.41, 5.74) is 4.26. The van der Waals surface area contributed by atoms with Crippen LogP contribution in [0.25, 0.3) is 11.1 Å². The molecule has 0 saturated carbocycles. The van der Waals surface area contributed by atoms with E-state index >= 15 is 0 Å². The van der Waals surface area contributed by atoms with Gasteiger partial charge in [0.15, 0.2) is 0 Å². The largest absolute Gasteiger partial charge is 0.496 e. The van der Waals surface area contributed by atoms with Crippen LogP contribution >= 0.6 is 11.6 Å². The molecule has 0 aliphatic rings. The molecule has 0 bridgehead atoms. The van der Waals surface area contributed by atoms with Crippen LogP contribution in [0.3, 0.4) is 0 Å². The van der Waals surface area contributed by atoms with E-state index in [9.17, 15) is 4.79 Å². The van der Waals surface area contributed by atoms with E-state index in [1.165, 1.54) is 12.0 Å². The number of amides is 1. The second kappa shape index (κ2) is 9.62. The van der Waals surface area contributed by atoms with E-state index in [0.29, 0.717) is 39.9 Å². The maximum Gasteiger partial charge on any atom is 0.261 e. The van der Waals surface area contributed by atoms with Gasteiger partial charge in [0.25, 0.3) is 5.91 Å². The molecule has 0 N–H and O–H groups in total. The van der Waals surface area contributed by atoms with Crippen molar-refractivity contribution in [3.63, 3.8) is 0 Å². The summed E-state index contributed by atoms with van der Waals surface area (Å²) in [6.45, 7) is 5.91. The molecule has 0 spiro atoms. The summed E-state index contributed by atoms with van der Waals surface area (Å²) < 4.78 is 10.9. The lowest BCUT2D eigenvalue weighted by molar-refractivity contribution is 0.0989. The second-order valence-electron chi connectivity index (χ2n) is 6.93. The van der Waals surface area contributed by atoms with Gasteiger partial charge in [-0.3, -0.25) is 14.8 Å². The van der Waals surface area contributed by atoms with Crippen LogP contribution in [0.15, 0.2) is 53.7 Å². The van der Waals surface area contributed by atoms with Gasteiger partial charge >= 0.3 is 0 Å². The average molecular weight is 438 g/mol. The zero-order valence-electron chi connectivity index (χ0n) is 18.0. The van der Waals surface area contributed by atoms with Crippen LogP contribution in [0.5, 0.6) is 11.5 Å². The van der Waals surface area contributed by atoms with Gasteiger partial charge < -0.3 is 14.4 Å². The Kier molecular flexibility index (Phi) is 6.92. The first-order valence-corrected chi connectivity index (χ1v) is 9.96. The van der Waals surface area contributed by atoms with E-state index in [1.54, 1.807) is 38.6 Å². The fourth-order valence-electron chi connectivity index (χ4n) is 3.40. The summed E-state index contributed by atoms with van der Waals surface area (Å²) in [7, 11) is 4.76. The normalized spacial score (nSPS) is 10.5. The fourth-order valence-corrected chi connectivity index (χ4v) is 3.66. The fraction of sp³-hybridized carbons (Fsp3) is 0.208. The van der Waals surface area contributed by atoms with Crippen molar-refractivity contribution in [3.05, 3.63) is 70.5 Å². The highest BCUT2D eigenvalue weighted by Gasteiger charge is 2.23. The van der Waals surface area contributed by atoms with Gasteiger partial charge in [0, 0.05) is 36.1 Å². The summed E-state index contributed by atoms with van der Waals surface area (Å²) in [4.78, 5) is 23.4. The Morgan fingerprint density at radius 2 is 1.84 bits per heavy atom. The van der Waals surface area contributed by atoms with Gasteiger partial charge in [-0.25, -0.2) is 0 Å². The number of aryl methyl sites for hydroxylation is 1. The molecule has 7 heteroatoms. The number of pyridine rings is 1. The highest BCUT2D eigenvalue weighted by molar-refractivity contribution is 6.34. The van der Waals surface area contributed by atoms with Crippen LogP contribution < -0.4 is 14.4 Å². The predicted molar refractivity (Wildman–Crippen MR) is 125 cm³/mol. The van der Waals surface area contributed by atoms with Gasteiger partial charge in [-0.1, -0.05) is 23.7 Å². The standard InChI is InChI=1S/C24H24ClN3O3/c1-15-10-16(13-26-2)19(14-27-15)17-11-18(23(31-5)12-20(17)25)24(29)28(3)21-8-6-7-9-22(21)30-4/h6-12,14H,2,13H2,1,3-5H3. The number of methoxy groups -OCH3 is 2. The number of carbonyl (C=O) groups excluding carboxylic acids is 1. The zero-order valence-corrected chi connectivity index (χ0v) is 18.7. The van der Waals surface area contributed by atoms with Crippen LogP contribution in [0, 0.1) is 6.92 Å². The molecule has 0 fully saturated rings. The first-order valence-electron chi connectivity index (χ1n) is 9.58. The highest BCUT2D eigenvalue weighted by Crippen LogP contribution is 2.37. The quantitative estimate of drug-likeness (QED) is 0.476. The van der Waals surface area contributed by atoms with Gasteiger partial charge in [-0.15, -0.1) is 0 Å². The molecule has 1 amide bonds. The minimum Gasteiger partial charge on any atom is -0.496 e. The Morgan fingerprint density at radius 3 is 2.52 bits per heavy atom. The average Bonchev–Trinajstić information content (AvgIpc) is 2.78. The number of hydrogen-bond acceptors (Lipinski definition) is 5. The monoisotopic (exact) mass is 437 g/mol. The lowest BCUT2D eigenvalue weighted by Gasteiger charge is -2.22. The summed E-state index contributed by atoms with van der Waals surface area (Å²) in [5.74, 6) is 0.709. The Balaban J connectivity index is 2.14. The summed E-state index contributed by atoms with van der Waals surface area (Å²) in [5, 5.41) is 0.448. The zero-order chi connectivity index (χ0) is 22.5. The molecule has 0 unspecified atom stereocenters. The van der Waals surface area contributed by atoms with Crippen molar-refractivity contribution in [2.24, 2.45) is 4.99 Å². The van der Waals surface area contributed by atoms with Crippen molar-refractivity contribution in [3.8, 4) is 22.6 Å². The molecule has 3 aromatic rings. The maximum absolute atomic E-state index is 13.5. The Labute approximate surface area is 187 Å². The predicted octanol–water partition coefficient (Wildman–Crippen LogP) is 5.20. The van der Waals surface area contributed by atoms with Crippen LogP contribution in [-0.2, 0) is 6.54 Å². The third kappa shape index (κ3) is 4.54. The third-order valence-electron chi connectivity index (χ3n) is 4.97. The van der Waals surface area contributed by atoms with Crippen LogP contribution in [0.2, 0.25) is 5.02 Å². The number of ether oxygens (including phenoxy) is 2. The molecule has 0 atom stereocenters. The van der Waals surface area contributed by atoms with Crippen molar-refractivity contribution in [1.29, 1.82) is 0 Å². The van der Waals surface area contributed by atoms with Gasteiger partial charge in [-0.05, 0) is 43.5 Å². The second-order valence-corrected chi connectivity index (χ2v) is 7.34. The molecule has 160 valence electrons. The van der Waals surface area contributed by atoms with Gasteiger partial charge in [0.2, 0.25) is 0 Å². The van der Waals surface area contributed by atoms with Gasteiger partial charge in [-0.2, -0.15) is 0 Å². The number of hydrogen-bond donors (Lipinski definition) is 0. The minimum absolute atomic E-state index is 0.261. The lowest BCUT2D eigenvalue weighted by atomic mass is 9.98. The number of aromatic nitrogens is 1. The first kappa shape index (κ1) is 22.3. The van der Waals surface area contributed by atoms with Crippen molar-refractivity contribution in [2.45, 2.75) is 13.5 Å². The molecule has 2 aromatic carbocycles. The number of para-hydroxylation sites is 2. The van der Waals surface area contributed by atoms with Crippen molar-refractivity contribution in [2.75, 3.05) is 26.2 Å². The van der Waals surface area contributed by atoms with E-state index in [2.05, 4.69) is 16.7 Å². The number of anilines is 1. The van der Waals surface area contributed by atoms with E-state index < -0.39 is 0 Å². The third-order valence-corrected chi connectivity index (χ3v) is 5.28. The van der Waals surface area contributed by atoms with E-state index in [1.807, 2.05) is 31.2 Å². The molecule has 3 rings (SSSR count). The Morgan fingerprint density at radius 1 is 1.13 bits per heavy atom. The molecule has 0 radical (unpaired) electrons. The van der Waals surface area contributed by atoms with Crippen molar-refractivity contribution < 1.29 is 14.3 Å².